The number of aliphatic carboxylic acids is 2. The normalized spacial score (nSPS) is 15.8. The lowest BCUT2D eigenvalue weighted by Crippen LogP contribution is -2.40. The molecule has 0 bridgehead atoms. The Balaban J connectivity index is 0.000000562. The largest absolute Gasteiger partial charge is 0.481 e. The van der Waals surface area contributed by atoms with Crippen LogP contribution in [-0.4, -0.2) is 89.0 Å². The second-order valence-electron chi connectivity index (χ2n) is 11.6. The van der Waals surface area contributed by atoms with E-state index in [0.29, 0.717) is 25.9 Å². The van der Waals surface area contributed by atoms with Gasteiger partial charge in [0.25, 0.3) is 0 Å². The molecule has 3 amide bonds. The Morgan fingerprint density at radius 3 is 2.16 bits per heavy atom. The number of likely N-dealkylation sites (N-methyl/N-ethyl adjacent to an activating group) is 1. The molecule has 0 spiro atoms. The quantitative estimate of drug-likeness (QED) is 0.199. The lowest BCUT2D eigenvalue weighted by molar-refractivity contribution is -0.142. The molecular formula is C31H54N6O7. The molecule has 3 rings (SSSR count). The van der Waals surface area contributed by atoms with Crippen molar-refractivity contribution in [3.8, 4) is 0 Å². The van der Waals surface area contributed by atoms with Gasteiger partial charge < -0.3 is 37.2 Å². The minimum Gasteiger partial charge on any atom is -0.481 e. The van der Waals surface area contributed by atoms with Gasteiger partial charge in [0, 0.05) is 44.7 Å². The van der Waals surface area contributed by atoms with E-state index in [0.717, 1.165) is 50.8 Å². The van der Waals surface area contributed by atoms with Crippen LogP contribution < -0.4 is 22.1 Å². The zero-order chi connectivity index (χ0) is 33.5. The van der Waals surface area contributed by atoms with Gasteiger partial charge in [-0.3, -0.25) is 24.2 Å². The summed E-state index contributed by atoms with van der Waals surface area (Å²) in [7, 11) is 1.95. The minimum atomic E-state index is -0.973. The Hall–Kier alpha value is -3.58. The smallest absolute Gasteiger partial charge is 0.326 e. The molecular weight excluding hydrogens is 568 g/mol. The molecule has 0 unspecified atom stereocenters. The van der Waals surface area contributed by atoms with E-state index in [1.165, 1.54) is 18.2 Å². The standard InChI is InChI=1S/C9H17NO2.C8H12N2.C8H15NO3.C6H10N2O2/c10-7-9(6-8(11)12)4-2-1-3-5-9;1-9-7-5-8-4-2-3-6-10-8;1-5(2)4-7(8(11)12)9-6(3)10;7-5(9)4-8-3-1-2-6(8)10/h1-7,10H2,(H,11,12);2-4,6,9H,5,7H2,1H3;5,7H,4H2,1-3H3,(H,9,10)(H,11,12);1-4H2,(H2,7,9)/t;;7-;/m..0./s1. The highest BCUT2D eigenvalue weighted by Crippen LogP contribution is 2.38. The lowest BCUT2D eigenvalue weighted by atomic mass is 9.72. The number of likely N-dealkylation sites (tertiary alicyclic amines) is 1. The number of carboxylic acid groups (broad SMARTS) is 2. The summed E-state index contributed by atoms with van der Waals surface area (Å²) in [6.45, 7) is 7.43. The van der Waals surface area contributed by atoms with Crippen molar-refractivity contribution in [2.45, 2.75) is 91.0 Å². The molecule has 0 aromatic carbocycles. The maximum atomic E-state index is 10.8. The molecule has 1 aliphatic carbocycles. The Morgan fingerprint density at radius 1 is 1.09 bits per heavy atom. The number of amides is 3. The zero-order valence-electron chi connectivity index (χ0n) is 26.8. The molecule has 1 saturated heterocycles. The van der Waals surface area contributed by atoms with Crippen molar-refractivity contribution in [1.82, 2.24) is 20.5 Å². The predicted octanol–water partition coefficient (Wildman–Crippen LogP) is 1.93. The molecule has 1 aromatic rings. The summed E-state index contributed by atoms with van der Waals surface area (Å²) in [5, 5.41) is 22.8. The number of carbonyl (C=O) groups is 5. The Kier molecular flexibility index (Phi) is 21.0. The Bertz CT molecular complexity index is 1000. The van der Waals surface area contributed by atoms with Crippen LogP contribution in [-0.2, 0) is 30.4 Å². The van der Waals surface area contributed by atoms with Crippen LogP contribution in [0.4, 0.5) is 0 Å². The van der Waals surface area contributed by atoms with Crippen LogP contribution in [0.15, 0.2) is 24.4 Å². The number of hydrogen-bond donors (Lipinski definition) is 6. The number of aromatic nitrogens is 1. The van der Waals surface area contributed by atoms with Crippen molar-refractivity contribution in [3.05, 3.63) is 30.1 Å². The first-order valence-corrected chi connectivity index (χ1v) is 15.3. The summed E-state index contributed by atoms with van der Waals surface area (Å²) in [4.78, 5) is 58.5. The van der Waals surface area contributed by atoms with Crippen LogP contribution in [0, 0.1) is 11.3 Å². The van der Waals surface area contributed by atoms with Gasteiger partial charge in [-0.05, 0) is 62.7 Å². The molecule has 13 heteroatoms. The summed E-state index contributed by atoms with van der Waals surface area (Å²) >= 11 is 0. The van der Waals surface area contributed by atoms with Crippen molar-refractivity contribution in [2.75, 3.05) is 33.2 Å². The van der Waals surface area contributed by atoms with Crippen molar-refractivity contribution >= 4 is 29.7 Å². The van der Waals surface area contributed by atoms with Gasteiger partial charge in [0.15, 0.2) is 0 Å². The average Bonchev–Trinajstić information content (AvgIpc) is 3.36. The number of nitrogens with two attached hydrogens (primary N) is 2. The molecule has 8 N–H and O–H groups in total. The van der Waals surface area contributed by atoms with Gasteiger partial charge in [-0.2, -0.15) is 0 Å². The third kappa shape index (κ3) is 19.6. The summed E-state index contributed by atoms with van der Waals surface area (Å²) < 4.78 is 0. The van der Waals surface area contributed by atoms with E-state index in [2.05, 4.69) is 15.6 Å². The van der Waals surface area contributed by atoms with Crippen molar-refractivity contribution < 1.29 is 34.2 Å². The van der Waals surface area contributed by atoms with E-state index in [1.807, 2.05) is 45.3 Å². The zero-order valence-corrected chi connectivity index (χ0v) is 26.8. The van der Waals surface area contributed by atoms with Gasteiger partial charge in [-0.1, -0.05) is 39.2 Å². The van der Waals surface area contributed by atoms with Crippen LogP contribution in [0.25, 0.3) is 0 Å². The molecule has 44 heavy (non-hydrogen) atoms. The highest BCUT2D eigenvalue weighted by molar-refractivity contribution is 5.85. The van der Waals surface area contributed by atoms with Gasteiger partial charge in [-0.25, -0.2) is 4.79 Å². The third-order valence-corrected chi connectivity index (χ3v) is 7.13. The van der Waals surface area contributed by atoms with Gasteiger partial charge in [0.05, 0.1) is 13.0 Å². The van der Waals surface area contributed by atoms with E-state index in [-0.39, 0.29) is 36.1 Å². The highest BCUT2D eigenvalue weighted by atomic mass is 16.4. The molecule has 0 radical (unpaired) electrons. The van der Waals surface area contributed by atoms with Crippen LogP contribution in [0.2, 0.25) is 0 Å². The van der Waals surface area contributed by atoms with Gasteiger partial charge >= 0.3 is 11.9 Å². The fraction of sp³-hybridized carbons (Fsp3) is 0.677. The SMILES string of the molecule is CC(=O)N[C@@H](CC(C)C)C(=O)O.CNCCc1ccccn1.NC(=O)CN1CCCC1=O.NCC1(CC(=O)O)CCCCC1. The van der Waals surface area contributed by atoms with Gasteiger partial charge in [-0.15, -0.1) is 0 Å². The first kappa shape index (κ1) is 40.4. The van der Waals surface area contributed by atoms with E-state index in [9.17, 15) is 24.0 Å². The number of nitrogens with one attached hydrogen (secondary N) is 2. The lowest BCUT2D eigenvalue weighted by Gasteiger charge is -2.34. The summed E-state index contributed by atoms with van der Waals surface area (Å²) in [5.74, 6) is -2.11. The minimum absolute atomic E-state index is 0.0406. The molecule has 1 atom stereocenters. The van der Waals surface area contributed by atoms with E-state index >= 15 is 0 Å². The molecule has 250 valence electrons. The summed E-state index contributed by atoms with van der Waals surface area (Å²) in [5.41, 5.74) is 11.6. The first-order valence-electron chi connectivity index (χ1n) is 15.3. The molecule has 2 aliphatic rings. The monoisotopic (exact) mass is 622 g/mol. The summed E-state index contributed by atoms with van der Waals surface area (Å²) in [6.07, 6.45) is 10.5. The van der Waals surface area contributed by atoms with E-state index in [4.69, 9.17) is 21.7 Å². The molecule has 1 aromatic heterocycles. The average molecular weight is 623 g/mol. The van der Waals surface area contributed by atoms with E-state index in [1.54, 1.807) is 0 Å². The van der Waals surface area contributed by atoms with Crippen LogP contribution in [0.5, 0.6) is 0 Å². The number of hydrogen-bond acceptors (Lipinski definition) is 8. The first-order chi connectivity index (χ1) is 20.7. The van der Waals surface area contributed by atoms with Crippen molar-refractivity contribution in [3.63, 3.8) is 0 Å². The van der Waals surface area contributed by atoms with E-state index < -0.39 is 23.9 Å². The Morgan fingerprint density at radius 2 is 1.75 bits per heavy atom. The predicted molar refractivity (Wildman–Crippen MR) is 168 cm³/mol. The van der Waals surface area contributed by atoms with Gasteiger partial charge in [0.1, 0.15) is 6.04 Å². The highest BCUT2D eigenvalue weighted by Gasteiger charge is 2.32. The van der Waals surface area contributed by atoms with Crippen LogP contribution in [0.1, 0.15) is 84.3 Å². The van der Waals surface area contributed by atoms with Gasteiger partial charge in [0.2, 0.25) is 17.7 Å². The maximum Gasteiger partial charge on any atom is 0.326 e. The fourth-order valence-electron chi connectivity index (χ4n) is 4.87. The number of primary amides is 1. The second-order valence-corrected chi connectivity index (χ2v) is 11.6. The molecule has 2 fully saturated rings. The maximum absolute atomic E-state index is 10.8. The summed E-state index contributed by atoms with van der Waals surface area (Å²) in [6, 6.07) is 5.24. The molecule has 1 aliphatic heterocycles. The molecule has 13 nitrogen and oxygen atoms in total. The number of pyridine rings is 1. The molecule has 2 heterocycles. The van der Waals surface area contributed by atoms with Crippen molar-refractivity contribution in [2.24, 2.45) is 22.8 Å². The third-order valence-electron chi connectivity index (χ3n) is 7.13. The number of rotatable bonds is 12. The topological polar surface area (TPSA) is 218 Å². The fourth-order valence-corrected chi connectivity index (χ4v) is 4.87. The number of carboxylic acids is 2. The van der Waals surface area contributed by atoms with Crippen LogP contribution >= 0.6 is 0 Å². The number of nitrogens with zero attached hydrogens (tertiary/aromatic N) is 2. The molecule has 1 saturated carbocycles. The second kappa shape index (κ2) is 22.9. The van der Waals surface area contributed by atoms with Crippen molar-refractivity contribution in [1.29, 1.82) is 0 Å². The van der Waals surface area contributed by atoms with Crippen LogP contribution in [0.3, 0.4) is 0 Å². The number of carbonyl (C=O) groups excluding carboxylic acids is 3. The Labute approximate surface area is 261 Å².